The first kappa shape index (κ1) is 11.9. The molecule has 0 bridgehead atoms. The molecule has 2 heteroatoms. The lowest BCUT2D eigenvalue weighted by Crippen LogP contribution is -2.24. The highest BCUT2D eigenvalue weighted by molar-refractivity contribution is 5.64. The van der Waals surface area contributed by atoms with E-state index < -0.39 is 0 Å². The Kier molecular flexibility index (Phi) is 2.82. The molecule has 2 aromatic rings. The van der Waals surface area contributed by atoms with Crippen molar-refractivity contribution in [2.24, 2.45) is 0 Å². The summed E-state index contributed by atoms with van der Waals surface area (Å²) in [7, 11) is 0. The Morgan fingerprint density at radius 3 is 2.12 bits per heavy atom. The molecule has 1 heterocycles. The van der Waals surface area contributed by atoms with Gasteiger partial charge in [0.2, 0.25) is 0 Å². The van der Waals surface area contributed by atoms with Crippen molar-refractivity contribution < 1.29 is 0 Å². The van der Waals surface area contributed by atoms with Crippen LogP contribution in [0.2, 0.25) is 0 Å². The smallest absolute Gasteiger partial charge is 0.0720 e. The van der Waals surface area contributed by atoms with Gasteiger partial charge in [0, 0.05) is 5.56 Å². The molecule has 0 aliphatic carbocycles. The van der Waals surface area contributed by atoms with Crippen molar-refractivity contribution in [1.29, 1.82) is 0 Å². The van der Waals surface area contributed by atoms with E-state index in [0.29, 0.717) is 0 Å². The molecule has 0 saturated carbocycles. The first-order valence-corrected chi connectivity index (χ1v) is 6.03. The van der Waals surface area contributed by atoms with Crippen molar-refractivity contribution in [1.82, 2.24) is 9.78 Å². The predicted octanol–water partition coefficient (Wildman–Crippen LogP) is 3.92. The minimum absolute atomic E-state index is 0.00416. The average molecular weight is 228 g/mol. The highest BCUT2D eigenvalue weighted by atomic mass is 15.3. The highest BCUT2D eigenvalue weighted by Crippen LogP contribution is 2.30. The summed E-state index contributed by atoms with van der Waals surface area (Å²) < 4.78 is 2.13. The van der Waals surface area contributed by atoms with Gasteiger partial charge in [-0.05, 0) is 40.2 Å². The molecular formula is C15H20N2. The minimum atomic E-state index is 0.00416. The van der Waals surface area contributed by atoms with E-state index in [-0.39, 0.29) is 5.54 Å². The summed E-state index contributed by atoms with van der Waals surface area (Å²) in [6, 6.07) is 10.5. The monoisotopic (exact) mass is 228 g/mol. The second-order valence-electron chi connectivity index (χ2n) is 5.51. The number of aromatic nitrogens is 2. The maximum absolute atomic E-state index is 4.67. The summed E-state index contributed by atoms with van der Waals surface area (Å²) in [5.41, 5.74) is 4.85. The summed E-state index contributed by atoms with van der Waals surface area (Å²) in [5, 5.41) is 4.67. The van der Waals surface area contributed by atoms with Crippen LogP contribution >= 0.6 is 0 Å². The standard InChI is InChI=1S/C15H20N2/c1-11-12(2)16-17(15(3,4)5)14(11)13-9-7-6-8-10-13/h6-10H,1-5H3. The van der Waals surface area contributed by atoms with E-state index in [2.05, 4.69) is 68.7 Å². The van der Waals surface area contributed by atoms with Gasteiger partial charge in [0.15, 0.2) is 0 Å². The second-order valence-corrected chi connectivity index (χ2v) is 5.51. The SMILES string of the molecule is Cc1nn(C(C)(C)C)c(-c2ccccc2)c1C. The van der Waals surface area contributed by atoms with Crippen LogP contribution in [-0.4, -0.2) is 9.78 Å². The summed E-state index contributed by atoms with van der Waals surface area (Å²) in [6.07, 6.45) is 0. The minimum Gasteiger partial charge on any atom is -0.259 e. The second kappa shape index (κ2) is 4.02. The molecule has 0 radical (unpaired) electrons. The van der Waals surface area contributed by atoms with E-state index in [9.17, 15) is 0 Å². The molecule has 90 valence electrons. The number of rotatable bonds is 1. The number of hydrogen-bond acceptors (Lipinski definition) is 1. The van der Waals surface area contributed by atoms with Gasteiger partial charge in [-0.2, -0.15) is 5.10 Å². The summed E-state index contributed by atoms with van der Waals surface area (Å²) >= 11 is 0. The maximum Gasteiger partial charge on any atom is 0.0720 e. The summed E-state index contributed by atoms with van der Waals surface area (Å²) in [4.78, 5) is 0. The number of benzene rings is 1. The van der Waals surface area contributed by atoms with Gasteiger partial charge in [-0.25, -0.2) is 0 Å². The average Bonchev–Trinajstić information content (AvgIpc) is 2.57. The van der Waals surface area contributed by atoms with Crippen molar-refractivity contribution in [2.75, 3.05) is 0 Å². The fourth-order valence-corrected chi connectivity index (χ4v) is 2.03. The molecule has 0 aliphatic rings. The van der Waals surface area contributed by atoms with Crippen LogP contribution in [0.3, 0.4) is 0 Å². The number of hydrogen-bond donors (Lipinski definition) is 0. The zero-order valence-electron chi connectivity index (χ0n) is 11.3. The Bertz CT molecular complexity index is 516. The van der Waals surface area contributed by atoms with Crippen molar-refractivity contribution in [2.45, 2.75) is 40.2 Å². The molecule has 0 unspecified atom stereocenters. The van der Waals surface area contributed by atoms with E-state index in [0.717, 1.165) is 5.69 Å². The maximum atomic E-state index is 4.67. The number of nitrogens with zero attached hydrogens (tertiary/aromatic N) is 2. The van der Waals surface area contributed by atoms with Gasteiger partial charge >= 0.3 is 0 Å². The molecule has 2 nitrogen and oxygen atoms in total. The lowest BCUT2D eigenvalue weighted by atomic mass is 10.0. The Balaban J connectivity index is 2.69. The molecule has 0 aliphatic heterocycles. The molecule has 1 aromatic carbocycles. The Morgan fingerprint density at radius 2 is 1.59 bits per heavy atom. The van der Waals surface area contributed by atoms with Gasteiger partial charge in [0.05, 0.1) is 16.9 Å². The fourth-order valence-electron chi connectivity index (χ4n) is 2.03. The van der Waals surface area contributed by atoms with Crippen molar-refractivity contribution in [3.8, 4) is 11.3 Å². The van der Waals surface area contributed by atoms with Gasteiger partial charge in [-0.15, -0.1) is 0 Å². The third-order valence-electron chi connectivity index (χ3n) is 3.04. The fraction of sp³-hybridized carbons (Fsp3) is 0.400. The summed E-state index contributed by atoms with van der Waals surface area (Å²) in [6.45, 7) is 10.8. The van der Waals surface area contributed by atoms with Crippen molar-refractivity contribution >= 4 is 0 Å². The molecular weight excluding hydrogens is 208 g/mol. The molecule has 0 fully saturated rings. The summed E-state index contributed by atoms with van der Waals surface area (Å²) in [5.74, 6) is 0. The normalized spacial score (nSPS) is 11.8. The predicted molar refractivity (Wildman–Crippen MR) is 72.1 cm³/mol. The zero-order chi connectivity index (χ0) is 12.6. The first-order valence-electron chi connectivity index (χ1n) is 6.03. The molecule has 0 amide bonds. The van der Waals surface area contributed by atoms with Crippen molar-refractivity contribution in [3.63, 3.8) is 0 Å². The molecule has 17 heavy (non-hydrogen) atoms. The molecule has 0 N–H and O–H groups in total. The van der Waals surface area contributed by atoms with Crippen LogP contribution in [0.15, 0.2) is 30.3 Å². The molecule has 1 aromatic heterocycles. The topological polar surface area (TPSA) is 17.8 Å². The molecule has 0 saturated heterocycles. The largest absolute Gasteiger partial charge is 0.259 e. The first-order chi connectivity index (χ1) is 7.91. The molecule has 2 rings (SSSR count). The van der Waals surface area contributed by atoms with E-state index in [1.54, 1.807) is 0 Å². The van der Waals surface area contributed by atoms with Crippen LogP contribution in [0.1, 0.15) is 32.0 Å². The van der Waals surface area contributed by atoms with E-state index in [1.165, 1.54) is 16.8 Å². The van der Waals surface area contributed by atoms with E-state index in [4.69, 9.17) is 0 Å². The quantitative estimate of drug-likeness (QED) is 0.723. The van der Waals surface area contributed by atoms with E-state index >= 15 is 0 Å². The van der Waals surface area contributed by atoms with Gasteiger partial charge < -0.3 is 0 Å². The van der Waals surface area contributed by atoms with E-state index in [1.807, 2.05) is 6.07 Å². The van der Waals surface area contributed by atoms with Gasteiger partial charge in [-0.1, -0.05) is 30.3 Å². The van der Waals surface area contributed by atoms with Gasteiger partial charge in [-0.3, -0.25) is 4.68 Å². The van der Waals surface area contributed by atoms with Crippen LogP contribution in [0, 0.1) is 13.8 Å². The van der Waals surface area contributed by atoms with Crippen molar-refractivity contribution in [3.05, 3.63) is 41.6 Å². The molecule has 0 spiro atoms. The molecule has 0 atom stereocenters. The van der Waals surface area contributed by atoms with Crippen LogP contribution in [-0.2, 0) is 5.54 Å². The number of aryl methyl sites for hydroxylation is 1. The van der Waals surface area contributed by atoms with Crippen LogP contribution < -0.4 is 0 Å². The third-order valence-corrected chi connectivity index (χ3v) is 3.04. The Labute approximate surface area is 103 Å². The van der Waals surface area contributed by atoms with Crippen LogP contribution in [0.5, 0.6) is 0 Å². The lowest BCUT2D eigenvalue weighted by molar-refractivity contribution is 0.358. The van der Waals surface area contributed by atoms with Crippen LogP contribution in [0.4, 0.5) is 0 Å². The van der Waals surface area contributed by atoms with Crippen LogP contribution in [0.25, 0.3) is 11.3 Å². The Morgan fingerprint density at radius 1 is 1.00 bits per heavy atom. The van der Waals surface area contributed by atoms with Gasteiger partial charge in [0.25, 0.3) is 0 Å². The Hall–Kier alpha value is -1.57. The van der Waals surface area contributed by atoms with Gasteiger partial charge in [0.1, 0.15) is 0 Å². The highest BCUT2D eigenvalue weighted by Gasteiger charge is 2.22. The lowest BCUT2D eigenvalue weighted by Gasteiger charge is -2.23. The third kappa shape index (κ3) is 2.12. The zero-order valence-corrected chi connectivity index (χ0v) is 11.3.